The molecule has 2 aromatic rings. The van der Waals surface area contributed by atoms with Gasteiger partial charge in [0.2, 0.25) is 0 Å². The van der Waals surface area contributed by atoms with E-state index in [1.807, 2.05) is 0 Å². The van der Waals surface area contributed by atoms with E-state index in [-0.39, 0.29) is 17.7 Å². The predicted molar refractivity (Wildman–Crippen MR) is 68.2 cm³/mol. The van der Waals surface area contributed by atoms with Gasteiger partial charge in [-0.25, -0.2) is 4.98 Å². The Morgan fingerprint density at radius 2 is 2.21 bits per heavy atom. The molecule has 2 rings (SSSR count). The van der Waals surface area contributed by atoms with Gasteiger partial charge in [0.05, 0.1) is 19.2 Å². The van der Waals surface area contributed by atoms with Crippen LogP contribution in [0.2, 0.25) is 0 Å². The van der Waals surface area contributed by atoms with Crippen LogP contribution in [-0.4, -0.2) is 28.2 Å². The number of aliphatic carboxylic acids is 1. The molecule has 0 aliphatic carbocycles. The third-order valence-electron chi connectivity index (χ3n) is 2.47. The smallest absolute Gasteiger partial charge is 0.309 e. The largest absolute Gasteiger partial charge is 0.497 e. The Hall–Kier alpha value is -2.63. The monoisotopic (exact) mass is 260 g/mol. The van der Waals surface area contributed by atoms with Crippen LogP contribution in [0.3, 0.4) is 0 Å². The number of hydrogen-bond donors (Lipinski definition) is 2. The van der Waals surface area contributed by atoms with E-state index < -0.39 is 5.97 Å². The normalized spacial score (nSPS) is 10.2. The highest BCUT2D eigenvalue weighted by Gasteiger charge is 2.08. The lowest BCUT2D eigenvalue weighted by atomic mass is 10.2. The lowest BCUT2D eigenvalue weighted by Gasteiger charge is -2.05. The number of aromatic nitrogens is 2. The van der Waals surface area contributed by atoms with Gasteiger partial charge in [0.15, 0.2) is 0 Å². The Morgan fingerprint density at radius 3 is 2.89 bits per heavy atom. The Balaban J connectivity index is 2.46. The zero-order valence-electron chi connectivity index (χ0n) is 10.2. The van der Waals surface area contributed by atoms with Gasteiger partial charge in [-0.05, 0) is 12.1 Å². The third kappa shape index (κ3) is 3.19. The molecule has 0 unspecified atom stereocenters. The van der Waals surface area contributed by atoms with E-state index in [0.29, 0.717) is 17.1 Å². The summed E-state index contributed by atoms with van der Waals surface area (Å²) in [6, 6.07) is 8.17. The number of hydrogen-bond acceptors (Lipinski definition) is 4. The molecule has 1 aromatic heterocycles. The second kappa shape index (κ2) is 5.34. The van der Waals surface area contributed by atoms with Crippen LogP contribution in [-0.2, 0) is 11.2 Å². The van der Waals surface area contributed by atoms with Gasteiger partial charge in [0.1, 0.15) is 11.6 Å². The molecule has 6 heteroatoms. The van der Waals surface area contributed by atoms with Gasteiger partial charge in [-0.2, -0.15) is 0 Å². The van der Waals surface area contributed by atoms with Gasteiger partial charge in [-0.1, -0.05) is 12.1 Å². The highest BCUT2D eigenvalue weighted by molar-refractivity contribution is 5.69. The number of methoxy groups -OCH3 is 1. The van der Waals surface area contributed by atoms with E-state index >= 15 is 0 Å². The quantitative estimate of drug-likeness (QED) is 0.857. The van der Waals surface area contributed by atoms with Crippen LogP contribution in [0, 0.1) is 0 Å². The van der Waals surface area contributed by atoms with Crippen molar-refractivity contribution in [3.05, 3.63) is 46.4 Å². The van der Waals surface area contributed by atoms with Crippen molar-refractivity contribution < 1.29 is 14.6 Å². The van der Waals surface area contributed by atoms with Gasteiger partial charge in [-0.15, -0.1) is 0 Å². The minimum absolute atomic E-state index is 0.217. The first-order valence-corrected chi connectivity index (χ1v) is 5.55. The van der Waals surface area contributed by atoms with Crippen molar-refractivity contribution in [2.75, 3.05) is 7.11 Å². The Bertz CT molecular complexity index is 664. The highest BCUT2D eigenvalue weighted by Crippen LogP contribution is 2.19. The van der Waals surface area contributed by atoms with Crippen molar-refractivity contribution in [1.82, 2.24) is 9.97 Å². The minimum Gasteiger partial charge on any atom is -0.497 e. The number of carbonyl (C=O) groups is 1. The molecular weight excluding hydrogens is 248 g/mol. The maximum absolute atomic E-state index is 11.5. The summed E-state index contributed by atoms with van der Waals surface area (Å²) in [4.78, 5) is 28.9. The summed E-state index contributed by atoms with van der Waals surface area (Å²) < 4.78 is 5.09. The molecule has 1 aromatic carbocycles. The fourth-order valence-electron chi connectivity index (χ4n) is 1.66. The topological polar surface area (TPSA) is 92.3 Å². The minimum atomic E-state index is -1.03. The fourth-order valence-corrected chi connectivity index (χ4v) is 1.66. The first kappa shape index (κ1) is 12.8. The molecule has 0 aliphatic rings. The second-order valence-electron chi connectivity index (χ2n) is 3.89. The molecule has 0 saturated carbocycles. The van der Waals surface area contributed by atoms with Gasteiger partial charge in [0, 0.05) is 11.6 Å². The van der Waals surface area contributed by atoms with Gasteiger partial charge >= 0.3 is 5.97 Å². The SMILES string of the molecule is COc1cccc(-c2nc(CC(=O)O)cc(=O)[nH]2)c1. The Kier molecular flexibility index (Phi) is 3.61. The van der Waals surface area contributed by atoms with E-state index in [1.165, 1.54) is 13.2 Å². The highest BCUT2D eigenvalue weighted by atomic mass is 16.5. The average Bonchev–Trinajstić information content (AvgIpc) is 2.37. The summed E-state index contributed by atoms with van der Waals surface area (Å²) in [5, 5.41) is 8.73. The van der Waals surface area contributed by atoms with Crippen LogP contribution < -0.4 is 10.3 Å². The van der Waals surface area contributed by atoms with Crippen molar-refractivity contribution in [2.45, 2.75) is 6.42 Å². The lowest BCUT2D eigenvalue weighted by molar-refractivity contribution is -0.136. The van der Waals surface area contributed by atoms with Crippen molar-refractivity contribution in [3.8, 4) is 17.1 Å². The summed E-state index contributed by atoms with van der Waals surface area (Å²) >= 11 is 0. The van der Waals surface area contributed by atoms with Gasteiger partial charge in [-0.3, -0.25) is 9.59 Å². The summed E-state index contributed by atoms with van der Waals surface area (Å²) in [6.45, 7) is 0. The van der Waals surface area contributed by atoms with Crippen molar-refractivity contribution in [3.63, 3.8) is 0 Å². The molecule has 98 valence electrons. The zero-order valence-corrected chi connectivity index (χ0v) is 10.2. The number of nitrogens with zero attached hydrogens (tertiary/aromatic N) is 1. The van der Waals surface area contributed by atoms with E-state index in [4.69, 9.17) is 9.84 Å². The molecule has 0 saturated heterocycles. The molecule has 19 heavy (non-hydrogen) atoms. The number of carboxylic acids is 1. The number of carboxylic acid groups (broad SMARTS) is 1. The fraction of sp³-hybridized carbons (Fsp3) is 0.154. The molecule has 0 amide bonds. The van der Waals surface area contributed by atoms with Crippen LogP contribution in [0.1, 0.15) is 5.69 Å². The van der Waals surface area contributed by atoms with Crippen LogP contribution in [0.25, 0.3) is 11.4 Å². The average molecular weight is 260 g/mol. The van der Waals surface area contributed by atoms with Crippen molar-refractivity contribution in [1.29, 1.82) is 0 Å². The van der Waals surface area contributed by atoms with Crippen molar-refractivity contribution >= 4 is 5.97 Å². The maximum atomic E-state index is 11.5. The molecule has 0 radical (unpaired) electrons. The zero-order chi connectivity index (χ0) is 13.8. The number of H-pyrrole nitrogens is 1. The van der Waals surface area contributed by atoms with Crippen LogP contribution in [0.5, 0.6) is 5.75 Å². The maximum Gasteiger partial charge on any atom is 0.309 e. The van der Waals surface area contributed by atoms with Gasteiger partial charge in [0.25, 0.3) is 5.56 Å². The number of aromatic amines is 1. The van der Waals surface area contributed by atoms with E-state index in [1.54, 1.807) is 24.3 Å². The lowest BCUT2D eigenvalue weighted by Crippen LogP contribution is -2.13. The van der Waals surface area contributed by atoms with E-state index in [9.17, 15) is 9.59 Å². The summed E-state index contributed by atoms with van der Waals surface area (Å²) in [5.41, 5.74) is 0.488. The summed E-state index contributed by atoms with van der Waals surface area (Å²) in [6.07, 6.45) is -0.291. The van der Waals surface area contributed by atoms with Gasteiger partial charge < -0.3 is 14.8 Å². The predicted octanol–water partition coefficient (Wildman–Crippen LogP) is 1.07. The molecule has 1 heterocycles. The first-order chi connectivity index (χ1) is 9.08. The van der Waals surface area contributed by atoms with Crippen LogP contribution in [0.4, 0.5) is 0 Å². The number of ether oxygens (including phenoxy) is 1. The van der Waals surface area contributed by atoms with Crippen LogP contribution in [0.15, 0.2) is 35.1 Å². The van der Waals surface area contributed by atoms with E-state index in [2.05, 4.69) is 9.97 Å². The number of nitrogens with one attached hydrogen (secondary N) is 1. The summed E-state index contributed by atoms with van der Waals surface area (Å²) in [7, 11) is 1.54. The molecule has 2 N–H and O–H groups in total. The number of benzene rings is 1. The molecule has 0 fully saturated rings. The summed E-state index contributed by atoms with van der Waals surface area (Å²) in [5.74, 6) is -0.0823. The molecule has 0 atom stereocenters. The third-order valence-corrected chi connectivity index (χ3v) is 2.47. The van der Waals surface area contributed by atoms with Crippen LogP contribution >= 0.6 is 0 Å². The first-order valence-electron chi connectivity index (χ1n) is 5.55. The second-order valence-corrected chi connectivity index (χ2v) is 3.89. The molecule has 0 aliphatic heterocycles. The molecule has 0 bridgehead atoms. The standard InChI is InChI=1S/C13H12N2O4/c1-19-10-4-2-3-8(5-10)13-14-9(7-12(17)18)6-11(16)15-13/h2-6H,7H2,1H3,(H,17,18)(H,14,15,16). The Labute approximate surface area is 108 Å². The molecular formula is C13H12N2O4. The molecule has 6 nitrogen and oxygen atoms in total. The molecule has 0 spiro atoms. The van der Waals surface area contributed by atoms with Crippen molar-refractivity contribution in [2.24, 2.45) is 0 Å². The van der Waals surface area contributed by atoms with E-state index in [0.717, 1.165) is 0 Å². The Morgan fingerprint density at radius 1 is 1.42 bits per heavy atom. The number of rotatable bonds is 4.